The van der Waals surface area contributed by atoms with Gasteiger partial charge >= 0.3 is 5.69 Å². The Bertz CT molecular complexity index is 836. The number of imidazole rings is 1. The number of pyridine rings is 1. The van der Waals surface area contributed by atoms with Crippen LogP contribution in [-0.2, 0) is 16.1 Å². The zero-order valence-electron chi connectivity index (χ0n) is 14.6. The second kappa shape index (κ2) is 6.63. The number of hydrogen-bond donors (Lipinski definition) is 0. The van der Waals surface area contributed by atoms with Gasteiger partial charge in [0.2, 0.25) is 5.91 Å². The minimum atomic E-state index is -0.0588. The molecule has 0 N–H and O–H groups in total. The van der Waals surface area contributed by atoms with Crippen molar-refractivity contribution < 1.29 is 9.53 Å². The van der Waals surface area contributed by atoms with Crippen molar-refractivity contribution in [1.82, 2.24) is 19.0 Å². The summed E-state index contributed by atoms with van der Waals surface area (Å²) in [6.07, 6.45) is 5.56. The lowest BCUT2D eigenvalue weighted by molar-refractivity contribution is -0.134. The molecule has 7 heteroatoms. The Kier molecular flexibility index (Phi) is 4.33. The largest absolute Gasteiger partial charge is 0.383 e. The summed E-state index contributed by atoms with van der Waals surface area (Å²) in [5, 5.41) is 0. The maximum atomic E-state index is 13.0. The molecule has 1 aliphatic heterocycles. The molecule has 1 aliphatic carbocycles. The van der Waals surface area contributed by atoms with E-state index in [-0.39, 0.29) is 23.6 Å². The van der Waals surface area contributed by atoms with Crippen molar-refractivity contribution in [3.05, 3.63) is 28.8 Å². The zero-order chi connectivity index (χ0) is 17.4. The van der Waals surface area contributed by atoms with Gasteiger partial charge in [-0.3, -0.25) is 13.9 Å². The highest BCUT2D eigenvalue weighted by Crippen LogP contribution is 2.33. The van der Waals surface area contributed by atoms with Gasteiger partial charge in [-0.05, 0) is 37.8 Å². The van der Waals surface area contributed by atoms with Crippen LogP contribution < -0.4 is 5.69 Å². The fraction of sp³-hybridized carbons (Fsp3) is 0.611. The van der Waals surface area contributed by atoms with Gasteiger partial charge in [-0.2, -0.15) is 0 Å². The first kappa shape index (κ1) is 16.3. The van der Waals surface area contributed by atoms with Crippen LogP contribution in [0, 0.1) is 5.92 Å². The molecule has 1 saturated carbocycles. The van der Waals surface area contributed by atoms with Crippen LogP contribution in [0.4, 0.5) is 0 Å². The predicted molar refractivity (Wildman–Crippen MR) is 93.4 cm³/mol. The van der Waals surface area contributed by atoms with Crippen molar-refractivity contribution >= 4 is 17.1 Å². The fourth-order valence-corrected chi connectivity index (χ4v) is 3.79. The van der Waals surface area contributed by atoms with Gasteiger partial charge in [-0.1, -0.05) is 0 Å². The maximum absolute atomic E-state index is 13.0. The molecule has 1 saturated heterocycles. The lowest BCUT2D eigenvalue weighted by atomic mass is 10.0. The van der Waals surface area contributed by atoms with Crippen molar-refractivity contribution in [2.24, 2.45) is 5.92 Å². The first-order valence-corrected chi connectivity index (χ1v) is 9.04. The summed E-state index contributed by atoms with van der Waals surface area (Å²) < 4.78 is 8.66. The van der Waals surface area contributed by atoms with Crippen molar-refractivity contribution in [3.63, 3.8) is 0 Å². The van der Waals surface area contributed by atoms with Gasteiger partial charge in [-0.25, -0.2) is 9.78 Å². The summed E-state index contributed by atoms with van der Waals surface area (Å²) in [5.74, 6) is 0.477. The smallest absolute Gasteiger partial charge is 0.330 e. The third kappa shape index (κ3) is 2.97. The second-order valence-electron chi connectivity index (χ2n) is 7.00. The first-order chi connectivity index (χ1) is 12.2. The molecular formula is C18H24N4O3. The van der Waals surface area contributed by atoms with Crippen LogP contribution >= 0.6 is 0 Å². The molecule has 0 unspecified atom stereocenters. The predicted octanol–water partition coefficient (Wildman–Crippen LogP) is 1.42. The number of nitrogens with zero attached hydrogens (tertiary/aromatic N) is 4. The van der Waals surface area contributed by atoms with E-state index in [0.29, 0.717) is 25.3 Å². The van der Waals surface area contributed by atoms with Crippen molar-refractivity contribution in [2.45, 2.75) is 38.3 Å². The van der Waals surface area contributed by atoms with Crippen LogP contribution in [0.15, 0.2) is 23.1 Å². The van der Waals surface area contributed by atoms with E-state index in [0.717, 1.165) is 37.7 Å². The third-order valence-corrected chi connectivity index (χ3v) is 5.24. The van der Waals surface area contributed by atoms with Gasteiger partial charge in [0.15, 0.2) is 5.65 Å². The molecule has 0 spiro atoms. The lowest BCUT2D eigenvalue weighted by Crippen LogP contribution is -2.43. The van der Waals surface area contributed by atoms with E-state index in [1.165, 1.54) is 0 Å². The molecule has 2 fully saturated rings. The van der Waals surface area contributed by atoms with E-state index < -0.39 is 0 Å². The van der Waals surface area contributed by atoms with Gasteiger partial charge in [-0.15, -0.1) is 0 Å². The molecular weight excluding hydrogens is 320 g/mol. The first-order valence-electron chi connectivity index (χ1n) is 9.04. The molecule has 0 bridgehead atoms. The number of piperidine rings is 1. The third-order valence-electron chi connectivity index (χ3n) is 5.24. The van der Waals surface area contributed by atoms with E-state index in [4.69, 9.17) is 4.74 Å². The molecule has 134 valence electrons. The monoisotopic (exact) mass is 344 g/mol. The molecule has 0 radical (unpaired) electrons. The minimum Gasteiger partial charge on any atom is -0.383 e. The summed E-state index contributed by atoms with van der Waals surface area (Å²) in [6.45, 7) is 2.39. The Morgan fingerprint density at radius 1 is 1.36 bits per heavy atom. The summed E-state index contributed by atoms with van der Waals surface area (Å²) in [5.41, 5.74) is 1.47. The van der Waals surface area contributed by atoms with Gasteiger partial charge in [0.05, 0.1) is 24.7 Å². The molecule has 25 heavy (non-hydrogen) atoms. The van der Waals surface area contributed by atoms with Crippen molar-refractivity contribution in [2.75, 3.05) is 26.8 Å². The quantitative estimate of drug-likeness (QED) is 0.822. The highest BCUT2D eigenvalue weighted by Gasteiger charge is 2.36. The number of ether oxygens (including phenoxy) is 1. The minimum absolute atomic E-state index is 0.00913. The lowest BCUT2D eigenvalue weighted by Gasteiger charge is -2.33. The number of rotatable bonds is 5. The molecule has 7 nitrogen and oxygen atoms in total. The molecule has 0 aromatic carbocycles. The standard InChI is InChI=1S/C18H24N4O3/c1-25-11-10-21-15-5-2-8-19-16(15)22(18(21)24)14-4-3-9-20(12-14)17(23)13-6-7-13/h2,5,8,13-14H,3-4,6-7,9-12H2,1H3/t14-/m0/s1. The fourth-order valence-electron chi connectivity index (χ4n) is 3.79. The number of likely N-dealkylation sites (tertiary alicyclic amines) is 1. The average Bonchev–Trinajstić information content (AvgIpc) is 3.44. The van der Waals surface area contributed by atoms with Gasteiger partial charge in [0, 0.05) is 32.3 Å². The highest BCUT2D eigenvalue weighted by atomic mass is 16.5. The highest BCUT2D eigenvalue weighted by molar-refractivity contribution is 5.81. The van der Waals surface area contributed by atoms with Gasteiger partial charge in [0.1, 0.15) is 0 Å². The van der Waals surface area contributed by atoms with E-state index in [9.17, 15) is 9.59 Å². The van der Waals surface area contributed by atoms with Crippen LogP contribution in [0.1, 0.15) is 31.7 Å². The van der Waals surface area contributed by atoms with E-state index in [1.54, 1.807) is 22.4 Å². The number of carbonyl (C=O) groups excluding carboxylic acids is 1. The normalized spacial score (nSPS) is 21.0. The van der Waals surface area contributed by atoms with Crippen LogP contribution in [0.25, 0.3) is 11.2 Å². The summed E-state index contributed by atoms with van der Waals surface area (Å²) in [7, 11) is 1.63. The molecule has 1 atom stereocenters. The molecule has 1 amide bonds. The molecule has 2 aromatic heterocycles. The Morgan fingerprint density at radius 3 is 2.96 bits per heavy atom. The van der Waals surface area contributed by atoms with Crippen molar-refractivity contribution in [1.29, 1.82) is 0 Å². The second-order valence-corrected chi connectivity index (χ2v) is 7.00. The Morgan fingerprint density at radius 2 is 2.20 bits per heavy atom. The molecule has 2 aliphatic rings. The molecule has 3 heterocycles. The zero-order valence-corrected chi connectivity index (χ0v) is 14.6. The Labute approximate surface area is 146 Å². The van der Waals surface area contributed by atoms with Crippen LogP contribution in [0.3, 0.4) is 0 Å². The van der Waals surface area contributed by atoms with Gasteiger partial charge in [0.25, 0.3) is 0 Å². The number of hydrogen-bond acceptors (Lipinski definition) is 4. The number of fused-ring (bicyclic) bond motifs is 1. The summed E-state index contributed by atoms with van der Waals surface area (Å²) >= 11 is 0. The Hall–Kier alpha value is -2.15. The van der Waals surface area contributed by atoms with Crippen LogP contribution in [0.2, 0.25) is 0 Å². The van der Waals surface area contributed by atoms with E-state index in [1.807, 2.05) is 17.0 Å². The van der Waals surface area contributed by atoms with Crippen LogP contribution in [0.5, 0.6) is 0 Å². The number of methoxy groups -OCH3 is 1. The number of amides is 1. The molecule has 4 rings (SSSR count). The van der Waals surface area contributed by atoms with E-state index >= 15 is 0 Å². The van der Waals surface area contributed by atoms with Crippen molar-refractivity contribution in [3.8, 4) is 0 Å². The van der Waals surface area contributed by atoms with E-state index in [2.05, 4.69) is 4.98 Å². The summed E-state index contributed by atoms with van der Waals surface area (Å²) in [6, 6.07) is 3.76. The topological polar surface area (TPSA) is 69.4 Å². The maximum Gasteiger partial charge on any atom is 0.330 e. The summed E-state index contributed by atoms with van der Waals surface area (Å²) in [4.78, 5) is 31.9. The van der Waals surface area contributed by atoms with Crippen LogP contribution in [-0.4, -0.2) is 51.7 Å². The van der Waals surface area contributed by atoms with Gasteiger partial charge < -0.3 is 9.64 Å². The average molecular weight is 344 g/mol. The Balaban J connectivity index is 1.69. The molecule has 2 aromatic rings. The number of carbonyl (C=O) groups is 1. The number of aromatic nitrogens is 3. The SMILES string of the molecule is COCCn1c(=O)n([C@H]2CCCN(C(=O)C3CC3)C2)c2ncccc21.